The van der Waals surface area contributed by atoms with Gasteiger partial charge in [-0.3, -0.25) is 0 Å². The van der Waals surface area contributed by atoms with E-state index in [0.29, 0.717) is 17.5 Å². The number of furan rings is 1. The zero-order chi connectivity index (χ0) is 37.8. The Balaban J connectivity index is 1.08. The summed E-state index contributed by atoms with van der Waals surface area (Å²) in [5.74, 6) is 1.89. The maximum atomic E-state index is 6.65. The summed E-state index contributed by atoms with van der Waals surface area (Å²) < 4.78 is 9.17. The highest BCUT2D eigenvalue weighted by atomic mass is 32.1. The number of nitrogens with zero attached hydrogens (tertiary/aromatic N) is 3. The molecule has 0 unspecified atom stereocenters. The zero-order valence-corrected chi connectivity index (χ0v) is 32.7. The first-order valence-electron chi connectivity index (χ1n) is 19.5. The Bertz CT molecular complexity index is 3220. The fourth-order valence-corrected chi connectivity index (χ4v) is 9.99. The van der Waals surface area contributed by atoms with Crippen molar-refractivity contribution in [2.75, 3.05) is 0 Å². The van der Waals surface area contributed by atoms with Crippen LogP contribution < -0.4 is 0 Å². The minimum atomic E-state index is 0.136. The molecule has 11 rings (SSSR count). The standard InChI is InChI=1S/C51H39N3OS/c1-50(2)24-25-51(3,4)41-28-32(19-22-40(41)50)33-18-21-37-43(29-33)55-42-14-9-13-38(46(37)42)49-53-47(34-17-16-30-10-5-6-11-31(30)26-34)52-48(54-49)35-20-23-45-39(27-35)36-12-7-8-15-44(36)56-45/h5-23,26-29H,24-25H2,1-4H3. The first kappa shape index (κ1) is 33.2. The van der Waals surface area contributed by atoms with Crippen molar-refractivity contribution >= 4 is 64.2 Å². The summed E-state index contributed by atoms with van der Waals surface area (Å²) in [6.07, 6.45) is 2.38. The number of hydrogen-bond donors (Lipinski definition) is 0. The minimum absolute atomic E-state index is 0.136. The van der Waals surface area contributed by atoms with Crippen molar-refractivity contribution in [3.05, 3.63) is 151 Å². The van der Waals surface area contributed by atoms with Gasteiger partial charge in [0.05, 0.1) is 0 Å². The maximum absolute atomic E-state index is 6.65. The molecule has 0 aliphatic heterocycles. The van der Waals surface area contributed by atoms with Gasteiger partial charge in [-0.05, 0) is 105 Å². The van der Waals surface area contributed by atoms with Crippen LogP contribution in [0.15, 0.2) is 144 Å². The van der Waals surface area contributed by atoms with E-state index in [1.54, 1.807) is 0 Å². The van der Waals surface area contributed by atoms with Gasteiger partial charge in [-0.25, -0.2) is 15.0 Å². The molecule has 1 aliphatic carbocycles. The predicted octanol–water partition coefficient (Wildman–Crippen LogP) is 14.3. The molecule has 0 bridgehead atoms. The molecule has 3 aromatic heterocycles. The molecule has 1 aliphatic rings. The summed E-state index contributed by atoms with van der Waals surface area (Å²) >= 11 is 1.81. The van der Waals surface area contributed by atoms with Gasteiger partial charge in [0.25, 0.3) is 0 Å². The lowest BCUT2D eigenvalue weighted by Crippen LogP contribution is -2.33. The summed E-state index contributed by atoms with van der Waals surface area (Å²) in [6.45, 7) is 9.52. The highest BCUT2D eigenvalue weighted by Gasteiger charge is 2.37. The molecule has 5 heteroatoms. The quantitative estimate of drug-likeness (QED) is 0.180. The number of fused-ring (bicyclic) bond motifs is 8. The largest absolute Gasteiger partial charge is 0.456 e. The second-order valence-electron chi connectivity index (χ2n) is 16.7. The van der Waals surface area contributed by atoms with Crippen molar-refractivity contribution < 1.29 is 4.42 Å². The molecule has 0 radical (unpaired) electrons. The molecule has 0 N–H and O–H groups in total. The molecule has 10 aromatic rings. The van der Waals surface area contributed by atoms with Gasteiger partial charge < -0.3 is 4.42 Å². The van der Waals surface area contributed by atoms with Crippen LogP contribution in [-0.2, 0) is 10.8 Å². The van der Waals surface area contributed by atoms with Crippen LogP contribution in [0.3, 0.4) is 0 Å². The number of benzene rings is 7. The molecule has 4 nitrogen and oxygen atoms in total. The van der Waals surface area contributed by atoms with Crippen LogP contribution in [0.1, 0.15) is 51.7 Å². The van der Waals surface area contributed by atoms with E-state index in [1.165, 1.54) is 55.1 Å². The Hall–Kier alpha value is -6.17. The van der Waals surface area contributed by atoms with Gasteiger partial charge in [0.2, 0.25) is 0 Å². The van der Waals surface area contributed by atoms with Gasteiger partial charge in [-0.1, -0.05) is 119 Å². The van der Waals surface area contributed by atoms with Crippen molar-refractivity contribution in [2.45, 2.75) is 51.4 Å². The molecule has 56 heavy (non-hydrogen) atoms. The van der Waals surface area contributed by atoms with E-state index in [4.69, 9.17) is 19.4 Å². The highest BCUT2D eigenvalue weighted by Crippen LogP contribution is 2.47. The molecular weight excluding hydrogens is 703 g/mol. The Labute approximate surface area is 329 Å². The third kappa shape index (κ3) is 5.29. The number of rotatable bonds is 4. The van der Waals surface area contributed by atoms with Gasteiger partial charge in [0, 0.05) is 47.6 Å². The molecule has 3 heterocycles. The fraction of sp³-hybridized carbons (Fsp3) is 0.157. The van der Waals surface area contributed by atoms with E-state index >= 15 is 0 Å². The normalized spacial score (nSPS) is 14.9. The fourth-order valence-electron chi connectivity index (χ4n) is 8.91. The van der Waals surface area contributed by atoms with Crippen LogP contribution in [0, 0.1) is 0 Å². The second kappa shape index (κ2) is 12.2. The Morgan fingerprint density at radius 2 is 1.12 bits per heavy atom. The number of thiophene rings is 1. The lowest BCUT2D eigenvalue weighted by atomic mass is 9.63. The average Bonchev–Trinajstić information content (AvgIpc) is 3.80. The van der Waals surface area contributed by atoms with Crippen molar-refractivity contribution in [2.24, 2.45) is 0 Å². The lowest BCUT2D eigenvalue weighted by molar-refractivity contribution is 0.332. The van der Waals surface area contributed by atoms with Gasteiger partial charge in [0.1, 0.15) is 11.2 Å². The van der Waals surface area contributed by atoms with Crippen molar-refractivity contribution in [3.8, 4) is 45.3 Å². The van der Waals surface area contributed by atoms with Gasteiger partial charge >= 0.3 is 0 Å². The van der Waals surface area contributed by atoms with Crippen LogP contribution in [-0.4, -0.2) is 15.0 Å². The number of aromatic nitrogens is 3. The van der Waals surface area contributed by atoms with Gasteiger partial charge in [0.15, 0.2) is 17.5 Å². The van der Waals surface area contributed by atoms with Crippen molar-refractivity contribution in [1.29, 1.82) is 0 Å². The third-order valence-corrected chi connectivity index (χ3v) is 13.4. The third-order valence-electron chi connectivity index (χ3n) is 12.2. The molecular formula is C51H39N3OS. The lowest BCUT2D eigenvalue weighted by Gasteiger charge is -2.42. The van der Waals surface area contributed by atoms with E-state index in [-0.39, 0.29) is 10.8 Å². The van der Waals surface area contributed by atoms with Crippen LogP contribution >= 0.6 is 11.3 Å². The maximum Gasteiger partial charge on any atom is 0.164 e. The first-order chi connectivity index (χ1) is 27.2. The first-order valence-corrected chi connectivity index (χ1v) is 20.3. The van der Waals surface area contributed by atoms with Crippen LogP contribution in [0.5, 0.6) is 0 Å². The Morgan fingerprint density at radius 1 is 0.464 bits per heavy atom. The van der Waals surface area contributed by atoms with Crippen LogP contribution in [0.4, 0.5) is 0 Å². The molecule has 0 amide bonds. The Kier molecular flexibility index (Phi) is 7.21. The van der Waals surface area contributed by atoms with E-state index < -0.39 is 0 Å². The molecule has 7 aromatic carbocycles. The van der Waals surface area contributed by atoms with Crippen molar-refractivity contribution in [1.82, 2.24) is 15.0 Å². The summed E-state index contributed by atoms with van der Waals surface area (Å²) in [7, 11) is 0. The average molecular weight is 742 g/mol. The van der Waals surface area contributed by atoms with E-state index in [9.17, 15) is 0 Å². The number of hydrogen-bond acceptors (Lipinski definition) is 5. The summed E-state index contributed by atoms with van der Waals surface area (Å²) in [5, 5.41) is 6.82. The zero-order valence-electron chi connectivity index (χ0n) is 31.9. The predicted molar refractivity (Wildman–Crippen MR) is 235 cm³/mol. The molecule has 270 valence electrons. The SMILES string of the molecule is CC1(C)CCC(C)(C)c2cc(-c3ccc4c(c3)oc3cccc(-c5nc(-c6ccc7ccccc7c6)nc(-c6ccc7sc8ccccc8c7c6)n5)c34)ccc21. The Morgan fingerprint density at radius 3 is 1.98 bits per heavy atom. The van der Waals surface area contributed by atoms with E-state index in [0.717, 1.165) is 49.6 Å². The van der Waals surface area contributed by atoms with E-state index in [1.807, 2.05) is 23.5 Å². The molecule has 0 saturated heterocycles. The monoisotopic (exact) mass is 741 g/mol. The van der Waals surface area contributed by atoms with Gasteiger partial charge in [-0.2, -0.15) is 0 Å². The highest BCUT2D eigenvalue weighted by molar-refractivity contribution is 7.25. The van der Waals surface area contributed by atoms with Crippen molar-refractivity contribution in [3.63, 3.8) is 0 Å². The second-order valence-corrected chi connectivity index (χ2v) is 17.8. The summed E-state index contributed by atoms with van der Waals surface area (Å²) in [4.78, 5) is 15.6. The summed E-state index contributed by atoms with van der Waals surface area (Å²) in [6, 6.07) is 49.9. The van der Waals surface area contributed by atoms with Crippen LogP contribution in [0.2, 0.25) is 0 Å². The molecule has 0 spiro atoms. The molecule has 0 saturated carbocycles. The van der Waals surface area contributed by atoms with E-state index in [2.05, 4.69) is 155 Å². The summed E-state index contributed by atoms with van der Waals surface area (Å²) in [5.41, 5.74) is 10.1. The topological polar surface area (TPSA) is 51.8 Å². The molecule has 0 atom stereocenters. The molecule has 0 fully saturated rings. The van der Waals surface area contributed by atoms with Crippen LogP contribution in [0.25, 0.3) is 98.2 Å². The smallest absolute Gasteiger partial charge is 0.164 e. The van der Waals surface area contributed by atoms with Gasteiger partial charge in [-0.15, -0.1) is 11.3 Å². The minimum Gasteiger partial charge on any atom is -0.456 e.